The molecule has 0 saturated carbocycles. The largest absolute Gasteiger partial charge is 0.311 e. The van der Waals surface area contributed by atoms with Crippen LogP contribution < -0.4 is 4.90 Å². The van der Waals surface area contributed by atoms with E-state index in [1.165, 1.54) is 88.6 Å². The summed E-state index contributed by atoms with van der Waals surface area (Å²) in [6, 6.07) is 89.3. The van der Waals surface area contributed by atoms with Gasteiger partial charge in [-0.1, -0.05) is 176 Å². The molecule has 1 spiro atoms. The van der Waals surface area contributed by atoms with Crippen molar-refractivity contribution < 1.29 is 0 Å². The fourth-order valence-electron chi connectivity index (χ4n) is 10.9. The van der Waals surface area contributed by atoms with Gasteiger partial charge in [0.2, 0.25) is 0 Å². The van der Waals surface area contributed by atoms with Crippen molar-refractivity contribution in [3.8, 4) is 50.2 Å². The summed E-state index contributed by atoms with van der Waals surface area (Å²) >= 11 is 0. The monoisotopic (exact) mass is 800 g/mol. The Morgan fingerprint density at radius 1 is 0.286 bits per heavy atom. The first-order valence-corrected chi connectivity index (χ1v) is 21.8. The number of nitrogens with zero attached hydrogens (tertiary/aromatic N) is 2. The molecule has 0 aliphatic heterocycles. The molecule has 294 valence electrons. The molecule has 0 unspecified atom stereocenters. The SMILES string of the molecule is c1ccc(N(c2ccccc2)c2ccc(-c3cccc(-c4ccc5c6ccccc6n(-c6ccc7c(c6)-c6ccccc6C76c7ccccc7-c7ccccc76)c5c4)c3)cc2)cc1. The third-order valence-electron chi connectivity index (χ3n) is 13.6. The van der Waals surface area contributed by atoms with Crippen LogP contribution in [0.1, 0.15) is 22.3 Å². The lowest BCUT2D eigenvalue weighted by Gasteiger charge is -2.30. The van der Waals surface area contributed by atoms with E-state index in [4.69, 9.17) is 0 Å². The van der Waals surface area contributed by atoms with Crippen molar-refractivity contribution in [3.05, 3.63) is 265 Å². The van der Waals surface area contributed by atoms with Crippen LogP contribution >= 0.6 is 0 Å². The summed E-state index contributed by atoms with van der Waals surface area (Å²) in [5.74, 6) is 0. The Bertz CT molecular complexity index is 3480. The van der Waals surface area contributed by atoms with Crippen LogP contribution in [0, 0.1) is 0 Å². The molecule has 11 aromatic rings. The molecule has 2 aliphatic carbocycles. The van der Waals surface area contributed by atoms with Crippen molar-refractivity contribution in [2.24, 2.45) is 0 Å². The van der Waals surface area contributed by atoms with E-state index in [-0.39, 0.29) is 5.41 Å². The summed E-state index contributed by atoms with van der Waals surface area (Å²) in [6.07, 6.45) is 0. The predicted molar refractivity (Wildman–Crippen MR) is 263 cm³/mol. The average Bonchev–Trinajstić information content (AvgIpc) is 3.96. The summed E-state index contributed by atoms with van der Waals surface area (Å²) in [6.45, 7) is 0. The maximum atomic E-state index is 2.48. The fraction of sp³-hybridized carbons (Fsp3) is 0.0164. The van der Waals surface area contributed by atoms with Gasteiger partial charge in [0.1, 0.15) is 0 Å². The van der Waals surface area contributed by atoms with Crippen LogP contribution in [0.25, 0.3) is 72.0 Å². The van der Waals surface area contributed by atoms with Crippen LogP contribution in [-0.4, -0.2) is 4.57 Å². The maximum absolute atomic E-state index is 2.48. The molecule has 10 aromatic carbocycles. The first kappa shape index (κ1) is 35.5. The Morgan fingerprint density at radius 2 is 0.762 bits per heavy atom. The van der Waals surface area contributed by atoms with Gasteiger partial charge in [-0.2, -0.15) is 0 Å². The van der Waals surface area contributed by atoms with Gasteiger partial charge in [-0.25, -0.2) is 0 Å². The summed E-state index contributed by atoms with van der Waals surface area (Å²) in [7, 11) is 0. The number of hydrogen-bond donors (Lipinski definition) is 0. The molecule has 0 fully saturated rings. The lowest BCUT2D eigenvalue weighted by molar-refractivity contribution is 0.793. The lowest BCUT2D eigenvalue weighted by Crippen LogP contribution is -2.25. The van der Waals surface area contributed by atoms with Crippen molar-refractivity contribution in [1.82, 2.24) is 4.57 Å². The highest BCUT2D eigenvalue weighted by Gasteiger charge is 2.51. The number of aromatic nitrogens is 1. The van der Waals surface area contributed by atoms with Crippen LogP contribution in [-0.2, 0) is 5.41 Å². The molecule has 0 saturated heterocycles. The number of para-hydroxylation sites is 3. The smallest absolute Gasteiger partial charge is 0.0725 e. The van der Waals surface area contributed by atoms with E-state index in [2.05, 4.69) is 252 Å². The first-order chi connectivity index (χ1) is 31.3. The predicted octanol–water partition coefficient (Wildman–Crippen LogP) is 15.9. The molecule has 1 aromatic heterocycles. The molecule has 2 heteroatoms. The molecule has 0 bridgehead atoms. The van der Waals surface area contributed by atoms with Gasteiger partial charge in [0.25, 0.3) is 0 Å². The van der Waals surface area contributed by atoms with Crippen LogP contribution in [0.2, 0.25) is 0 Å². The second-order valence-electron chi connectivity index (χ2n) is 16.8. The van der Waals surface area contributed by atoms with Gasteiger partial charge in [0.05, 0.1) is 16.4 Å². The third-order valence-corrected chi connectivity index (χ3v) is 13.6. The van der Waals surface area contributed by atoms with Gasteiger partial charge in [0, 0.05) is 33.5 Å². The van der Waals surface area contributed by atoms with E-state index in [1.54, 1.807) is 0 Å². The number of hydrogen-bond acceptors (Lipinski definition) is 1. The summed E-state index contributed by atoms with van der Waals surface area (Å²) < 4.78 is 2.48. The minimum atomic E-state index is -0.361. The Hall–Kier alpha value is -8.20. The molecule has 13 rings (SSSR count). The minimum absolute atomic E-state index is 0.361. The van der Waals surface area contributed by atoms with Crippen LogP contribution in [0.5, 0.6) is 0 Å². The standard InChI is InChI=1S/C61H40N2/c1-3-18-45(19-4-1)62(46-20-5-2-6-21-46)47-33-30-41(31-34-47)42-16-15-17-43(38-42)44-32-36-53-52-25-10-14-29-59(52)63(60(53)39-44)48-35-37-58-54(40-48)51-24-9-13-28-57(51)61(58)55-26-11-7-22-49(55)50-23-8-12-27-56(50)61/h1-40H. The van der Waals surface area contributed by atoms with Crippen molar-refractivity contribution >= 4 is 38.9 Å². The summed E-state index contributed by atoms with van der Waals surface area (Å²) in [4.78, 5) is 2.30. The van der Waals surface area contributed by atoms with Crippen LogP contribution in [0.3, 0.4) is 0 Å². The van der Waals surface area contributed by atoms with Crippen molar-refractivity contribution in [2.75, 3.05) is 4.90 Å². The Labute approximate surface area is 367 Å². The normalized spacial score (nSPS) is 12.9. The van der Waals surface area contributed by atoms with Crippen molar-refractivity contribution in [3.63, 3.8) is 0 Å². The van der Waals surface area contributed by atoms with E-state index >= 15 is 0 Å². The van der Waals surface area contributed by atoms with E-state index < -0.39 is 0 Å². The zero-order valence-corrected chi connectivity index (χ0v) is 34.5. The summed E-state index contributed by atoms with van der Waals surface area (Å²) in [5, 5.41) is 2.50. The molecule has 63 heavy (non-hydrogen) atoms. The zero-order chi connectivity index (χ0) is 41.5. The molecule has 0 radical (unpaired) electrons. The minimum Gasteiger partial charge on any atom is -0.311 e. The highest BCUT2D eigenvalue weighted by atomic mass is 15.1. The van der Waals surface area contributed by atoms with Gasteiger partial charge in [-0.3, -0.25) is 0 Å². The van der Waals surface area contributed by atoms with Crippen LogP contribution in [0.15, 0.2) is 243 Å². The molecular weight excluding hydrogens is 761 g/mol. The van der Waals surface area contributed by atoms with Gasteiger partial charge in [0.15, 0.2) is 0 Å². The molecule has 2 nitrogen and oxygen atoms in total. The molecule has 0 N–H and O–H groups in total. The Balaban J connectivity index is 0.922. The van der Waals surface area contributed by atoms with E-state index in [0.29, 0.717) is 0 Å². The first-order valence-electron chi connectivity index (χ1n) is 21.8. The van der Waals surface area contributed by atoms with Gasteiger partial charge in [-0.05, 0) is 133 Å². The Kier molecular flexibility index (Phi) is 7.85. The second-order valence-corrected chi connectivity index (χ2v) is 16.8. The van der Waals surface area contributed by atoms with Crippen molar-refractivity contribution in [2.45, 2.75) is 5.41 Å². The van der Waals surface area contributed by atoms with Gasteiger partial charge >= 0.3 is 0 Å². The number of benzene rings is 10. The van der Waals surface area contributed by atoms with Gasteiger partial charge < -0.3 is 9.47 Å². The number of fused-ring (bicyclic) bond motifs is 13. The van der Waals surface area contributed by atoms with E-state index in [9.17, 15) is 0 Å². The average molecular weight is 801 g/mol. The van der Waals surface area contributed by atoms with E-state index in [1.807, 2.05) is 0 Å². The quantitative estimate of drug-likeness (QED) is 0.163. The molecule has 0 atom stereocenters. The molecular formula is C61H40N2. The van der Waals surface area contributed by atoms with Gasteiger partial charge in [-0.15, -0.1) is 0 Å². The summed E-state index contributed by atoms with van der Waals surface area (Å²) in [5.41, 5.74) is 22.0. The zero-order valence-electron chi connectivity index (χ0n) is 34.5. The number of anilines is 3. The fourth-order valence-corrected chi connectivity index (χ4v) is 10.9. The highest BCUT2D eigenvalue weighted by molar-refractivity contribution is 6.10. The maximum Gasteiger partial charge on any atom is 0.0725 e. The number of rotatable bonds is 6. The molecule has 0 amide bonds. The lowest BCUT2D eigenvalue weighted by atomic mass is 9.70. The highest BCUT2D eigenvalue weighted by Crippen LogP contribution is 2.63. The Morgan fingerprint density at radius 3 is 1.41 bits per heavy atom. The van der Waals surface area contributed by atoms with Crippen molar-refractivity contribution in [1.29, 1.82) is 0 Å². The molecule has 1 heterocycles. The third kappa shape index (κ3) is 5.25. The van der Waals surface area contributed by atoms with E-state index in [0.717, 1.165) is 22.7 Å². The second kappa shape index (κ2) is 13.9. The topological polar surface area (TPSA) is 8.17 Å². The van der Waals surface area contributed by atoms with Crippen LogP contribution in [0.4, 0.5) is 17.1 Å². The molecule has 2 aliphatic rings.